The van der Waals surface area contributed by atoms with Gasteiger partial charge in [0.15, 0.2) is 0 Å². The van der Waals surface area contributed by atoms with Gasteiger partial charge in [0.1, 0.15) is 0 Å². The number of carbonyl (C=O) groups is 2. The van der Waals surface area contributed by atoms with Gasteiger partial charge in [0.25, 0.3) is 0 Å². The lowest BCUT2D eigenvalue weighted by Gasteiger charge is -2.25. The highest BCUT2D eigenvalue weighted by Gasteiger charge is 2.34. The molecule has 0 aliphatic carbocycles. The van der Waals surface area contributed by atoms with E-state index in [9.17, 15) is 14.7 Å². The summed E-state index contributed by atoms with van der Waals surface area (Å²) >= 11 is 0. The Morgan fingerprint density at radius 2 is 1.52 bits per heavy atom. The molecular formula is C17H24O4. The molecular weight excluding hydrogens is 268 g/mol. The third-order valence-corrected chi connectivity index (χ3v) is 3.95. The minimum Gasteiger partial charge on any atom is -0.481 e. The van der Waals surface area contributed by atoms with Gasteiger partial charge in [-0.05, 0) is 25.3 Å². The Bertz CT molecular complexity index is 455. The molecule has 1 aromatic rings. The molecule has 0 saturated heterocycles. The first-order chi connectivity index (χ1) is 9.97. The van der Waals surface area contributed by atoms with Crippen molar-refractivity contribution in [2.75, 3.05) is 0 Å². The maximum Gasteiger partial charge on any atom is 0.313 e. The molecule has 0 radical (unpaired) electrons. The van der Waals surface area contributed by atoms with Gasteiger partial charge in [0.2, 0.25) is 0 Å². The summed E-state index contributed by atoms with van der Waals surface area (Å²) in [6.07, 6.45) is 5.14. The van der Waals surface area contributed by atoms with Crippen molar-refractivity contribution in [3.63, 3.8) is 0 Å². The van der Waals surface area contributed by atoms with E-state index in [1.165, 1.54) is 0 Å². The van der Waals surface area contributed by atoms with Gasteiger partial charge in [-0.3, -0.25) is 9.59 Å². The van der Waals surface area contributed by atoms with Crippen LogP contribution in [0.3, 0.4) is 0 Å². The van der Waals surface area contributed by atoms with Gasteiger partial charge < -0.3 is 10.2 Å². The molecule has 0 spiro atoms. The zero-order valence-corrected chi connectivity index (χ0v) is 12.5. The molecule has 0 aliphatic heterocycles. The van der Waals surface area contributed by atoms with E-state index in [4.69, 9.17) is 5.11 Å². The van der Waals surface area contributed by atoms with Crippen LogP contribution in [-0.2, 0) is 15.0 Å². The molecule has 4 nitrogen and oxygen atoms in total. The molecule has 0 aliphatic rings. The normalized spacial score (nSPS) is 13.6. The number of benzene rings is 1. The van der Waals surface area contributed by atoms with E-state index < -0.39 is 17.4 Å². The number of hydrogen-bond acceptors (Lipinski definition) is 2. The largest absolute Gasteiger partial charge is 0.481 e. The first kappa shape index (κ1) is 17.2. The second-order valence-electron chi connectivity index (χ2n) is 5.66. The molecule has 0 amide bonds. The predicted octanol–water partition coefficient (Wildman–Crippen LogP) is 3.84. The Hall–Kier alpha value is -1.84. The average Bonchev–Trinajstić information content (AvgIpc) is 2.46. The summed E-state index contributed by atoms with van der Waals surface area (Å²) in [4.78, 5) is 22.0. The van der Waals surface area contributed by atoms with Crippen LogP contribution in [0.2, 0.25) is 0 Å². The third kappa shape index (κ3) is 5.58. The van der Waals surface area contributed by atoms with Gasteiger partial charge in [0.05, 0.1) is 5.41 Å². The van der Waals surface area contributed by atoms with Crippen molar-refractivity contribution in [2.24, 2.45) is 0 Å². The predicted molar refractivity (Wildman–Crippen MR) is 81.4 cm³/mol. The summed E-state index contributed by atoms with van der Waals surface area (Å²) in [5, 5.41) is 18.1. The van der Waals surface area contributed by atoms with Crippen LogP contribution in [0.4, 0.5) is 0 Å². The first-order valence-electron chi connectivity index (χ1n) is 7.47. The van der Waals surface area contributed by atoms with E-state index in [0.29, 0.717) is 12.8 Å². The van der Waals surface area contributed by atoms with Crippen LogP contribution in [0.5, 0.6) is 0 Å². The van der Waals surface area contributed by atoms with Gasteiger partial charge in [0, 0.05) is 6.42 Å². The Labute approximate surface area is 125 Å². The van der Waals surface area contributed by atoms with E-state index in [1.807, 2.05) is 30.3 Å². The van der Waals surface area contributed by atoms with Gasteiger partial charge >= 0.3 is 11.9 Å². The number of rotatable bonds is 10. The molecule has 116 valence electrons. The maximum atomic E-state index is 11.6. The highest BCUT2D eigenvalue weighted by Crippen LogP contribution is 2.30. The number of hydrogen-bond donors (Lipinski definition) is 2. The summed E-state index contributed by atoms with van der Waals surface area (Å²) in [5.41, 5.74) is -0.00846. The first-order valence-corrected chi connectivity index (χ1v) is 7.47. The molecule has 2 N–H and O–H groups in total. The van der Waals surface area contributed by atoms with E-state index in [2.05, 4.69) is 0 Å². The van der Waals surface area contributed by atoms with Crippen LogP contribution in [0.25, 0.3) is 0 Å². The summed E-state index contributed by atoms with van der Waals surface area (Å²) < 4.78 is 0. The Kier molecular flexibility index (Phi) is 6.92. The summed E-state index contributed by atoms with van der Waals surface area (Å²) in [5.74, 6) is -1.54. The van der Waals surface area contributed by atoms with Crippen molar-refractivity contribution in [2.45, 2.75) is 57.3 Å². The molecule has 1 atom stereocenters. The van der Waals surface area contributed by atoms with Crippen LogP contribution in [0, 0.1) is 0 Å². The Balaban J connectivity index is 2.39. The molecule has 0 heterocycles. The second kappa shape index (κ2) is 8.45. The fraction of sp³-hybridized carbons (Fsp3) is 0.529. The Morgan fingerprint density at radius 1 is 0.952 bits per heavy atom. The lowest BCUT2D eigenvalue weighted by molar-refractivity contribution is -0.143. The number of aliphatic carboxylic acids is 2. The highest BCUT2D eigenvalue weighted by molar-refractivity contribution is 5.80. The van der Waals surface area contributed by atoms with Crippen LogP contribution in [0.1, 0.15) is 57.4 Å². The summed E-state index contributed by atoms with van der Waals surface area (Å²) in [6, 6.07) is 9.33. The summed E-state index contributed by atoms with van der Waals surface area (Å²) in [6.45, 7) is 1.77. The van der Waals surface area contributed by atoms with Crippen molar-refractivity contribution in [1.82, 2.24) is 0 Å². The smallest absolute Gasteiger partial charge is 0.313 e. The van der Waals surface area contributed by atoms with Gasteiger partial charge in [-0.25, -0.2) is 0 Å². The number of carboxylic acids is 2. The molecule has 4 heteroatoms. The molecule has 0 aromatic heterocycles. The minimum atomic E-state index is -0.845. The fourth-order valence-corrected chi connectivity index (χ4v) is 2.47. The van der Waals surface area contributed by atoms with Crippen molar-refractivity contribution < 1.29 is 19.8 Å². The van der Waals surface area contributed by atoms with Crippen molar-refractivity contribution in [3.05, 3.63) is 35.9 Å². The quantitative estimate of drug-likeness (QED) is 0.642. The fourth-order valence-electron chi connectivity index (χ4n) is 2.47. The van der Waals surface area contributed by atoms with Gasteiger partial charge in [-0.15, -0.1) is 0 Å². The second-order valence-corrected chi connectivity index (χ2v) is 5.66. The van der Waals surface area contributed by atoms with E-state index in [-0.39, 0.29) is 6.42 Å². The molecule has 0 saturated carbocycles. The van der Waals surface area contributed by atoms with Crippen LogP contribution < -0.4 is 0 Å². The lowest BCUT2D eigenvalue weighted by atomic mass is 9.78. The van der Waals surface area contributed by atoms with E-state index >= 15 is 0 Å². The van der Waals surface area contributed by atoms with Crippen molar-refractivity contribution in [1.29, 1.82) is 0 Å². The van der Waals surface area contributed by atoms with Crippen molar-refractivity contribution in [3.8, 4) is 0 Å². The van der Waals surface area contributed by atoms with E-state index in [1.54, 1.807) is 6.92 Å². The number of unbranched alkanes of at least 4 members (excludes halogenated alkanes) is 4. The maximum absolute atomic E-state index is 11.6. The monoisotopic (exact) mass is 292 g/mol. The molecule has 1 rings (SSSR count). The highest BCUT2D eigenvalue weighted by atomic mass is 16.4. The van der Waals surface area contributed by atoms with E-state index in [0.717, 1.165) is 31.2 Å². The molecule has 21 heavy (non-hydrogen) atoms. The third-order valence-electron chi connectivity index (χ3n) is 3.95. The minimum absolute atomic E-state index is 0.219. The van der Waals surface area contributed by atoms with Gasteiger partial charge in [-0.1, -0.05) is 56.0 Å². The SMILES string of the molecule is CC(CCCCCCCC(=O)O)(C(=O)O)c1ccccc1. The molecule has 1 aromatic carbocycles. The zero-order valence-electron chi connectivity index (χ0n) is 12.5. The zero-order chi connectivity index (χ0) is 15.7. The van der Waals surface area contributed by atoms with Gasteiger partial charge in [-0.2, -0.15) is 0 Å². The van der Waals surface area contributed by atoms with Crippen LogP contribution in [0.15, 0.2) is 30.3 Å². The van der Waals surface area contributed by atoms with Crippen molar-refractivity contribution >= 4 is 11.9 Å². The summed E-state index contributed by atoms with van der Waals surface area (Å²) in [7, 11) is 0. The molecule has 1 unspecified atom stereocenters. The lowest BCUT2D eigenvalue weighted by Crippen LogP contribution is -2.32. The number of carboxylic acid groups (broad SMARTS) is 2. The van der Waals surface area contributed by atoms with Crippen LogP contribution in [-0.4, -0.2) is 22.2 Å². The standard InChI is InChI=1S/C17H24O4/c1-17(16(20)21,14-10-6-5-7-11-14)13-9-4-2-3-8-12-15(18)19/h5-7,10-11H,2-4,8-9,12-13H2,1H3,(H,18,19)(H,20,21). The topological polar surface area (TPSA) is 74.6 Å². The molecule has 0 fully saturated rings. The molecule has 0 bridgehead atoms. The Morgan fingerprint density at radius 3 is 2.10 bits per heavy atom. The average molecular weight is 292 g/mol. The van der Waals surface area contributed by atoms with Crippen LogP contribution >= 0.6 is 0 Å².